The molecule has 1 rings (SSSR count). The highest BCUT2D eigenvalue weighted by Crippen LogP contribution is 2.25. The van der Waals surface area contributed by atoms with Crippen LogP contribution in [0, 0.1) is 11.3 Å². The maximum absolute atomic E-state index is 12.3. The van der Waals surface area contributed by atoms with Gasteiger partial charge in [-0.05, 0) is 51.9 Å². The number of halogens is 1. The first-order valence-electron chi connectivity index (χ1n) is 10.4. The highest BCUT2D eigenvalue weighted by atomic mass is 127. The topological polar surface area (TPSA) is 99.7 Å². The molecule has 9 heteroatoms. The SMILES string of the molecule is CCNC(=NCC(C)(C)CCS(C)(=O)=O)NC1CCCC(C(=O)NC(C)C)C1.I. The largest absolute Gasteiger partial charge is 0.357 e. The van der Waals surface area contributed by atoms with Crippen LogP contribution in [-0.4, -0.2) is 57.5 Å². The Morgan fingerprint density at radius 2 is 1.90 bits per heavy atom. The Kier molecular flexibility index (Phi) is 12.7. The second kappa shape index (κ2) is 13.0. The van der Waals surface area contributed by atoms with Crippen molar-refractivity contribution < 1.29 is 13.2 Å². The Labute approximate surface area is 194 Å². The van der Waals surface area contributed by atoms with E-state index >= 15 is 0 Å². The maximum atomic E-state index is 12.3. The molecule has 1 aliphatic rings. The number of nitrogens with zero attached hydrogens (tertiary/aromatic N) is 1. The van der Waals surface area contributed by atoms with Crippen LogP contribution in [0.15, 0.2) is 4.99 Å². The molecule has 7 nitrogen and oxygen atoms in total. The van der Waals surface area contributed by atoms with Crippen molar-refractivity contribution in [3.63, 3.8) is 0 Å². The summed E-state index contributed by atoms with van der Waals surface area (Å²) in [5, 5.41) is 9.77. The minimum Gasteiger partial charge on any atom is -0.357 e. The molecular weight excluding hydrogens is 503 g/mol. The van der Waals surface area contributed by atoms with Crippen LogP contribution >= 0.6 is 24.0 Å². The van der Waals surface area contributed by atoms with Crippen molar-refractivity contribution in [2.45, 2.75) is 78.8 Å². The molecule has 0 aromatic rings. The molecule has 1 fully saturated rings. The van der Waals surface area contributed by atoms with Gasteiger partial charge in [0.1, 0.15) is 9.84 Å². The molecule has 0 aromatic heterocycles. The lowest BCUT2D eigenvalue weighted by Gasteiger charge is -2.31. The van der Waals surface area contributed by atoms with Crippen molar-refractivity contribution in [3.8, 4) is 0 Å². The van der Waals surface area contributed by atoms with Gasteiger partial charge in [-0.1, -0.05) is 20.3 Å². The average Bonchev–Trinajstić information content (AvgIpc) is 2.57. The first-order chi connectivity index (χ1) is 12.9. The normalized spacial score (nSPS) is 20.7. The van der Waals surface area contributed by atoms with Gasteiger partial charge in [0.05, 0.1) is 5.75 Å². The molecule has 1 aliphatic carbocycles. The van der Waals surface area contributed by atoms with Crippen LogP contribution in [0.1, 0.15) is 66.7 Å². The Hall–Kier alpha value is -0.580. The van der Waals surface area contributed by atoms with Crippen LogP contribution in [0.4, 0.5) is 0 Å². The summed E-state index contributed by atoms with van der Waals surface area (Å²) in [6.45, 7) is 11.4. The van der Waals surface area contributed by atoms with Gasteiger partial charge >= 0.3 is 0 Å². The Balaban J connectivity index is 0.00000784. The van der Waals surface area contributed by atoms with E-state index in [0.29, 0.717) is 13.0 Å². The summed E-state index contributed by atoms with van der Waals surface area (Å²) in [6, 6.07) is 0.377. The molecule has 0 spiro atoms. The van der Waals surface area contributed by atoms with Gasteiger partial charge in [-0.2, -0.15) is 0 Å². The van der Waals surface area contributed by atoms with Crippen LogP contribution in [-0.2, 0) is 14.6 Å². The van der Waals surface area contributed by atoms with E-state index < -0.39 is 9.84 Å². The molecule has 2 unspecified atom stereocenters. The minimum absolute atomic E-state index is 0. The number of guanidine groups is 1. The van der Waals surface area contributed by atoms with E-state index in [9.17, 15) is 13.2 Å². The van der Waals surface area contributed by atoms with Crippen molar-refractivity contribution in [1.82, 2.24) is 16.0 Å². The number of rotatable bonds is 9. The number of hydrogen-bond donors (Lipinski definition) is 3. The molecule has 0 saturated heterocycles. The van der Waals surface area contributed by atoms with Gasteiger partial charge in [-0.15, -0.1) is 24.0 Å². The monoisotopic (exact) mass is 544 g/mol. The summed E-state index contributed by atoms with van der Waals surface area (Å²) < 4.78 is 22.9. The number of hydrogen-bond acceptors (Lipinski definition) is 4. The van der Waals surface area contributed by atoms with Crippen LogP contribution in [0.25, 0.3) is 0 Å². The second-order valence-corrected chi connectivity index (χ2v) is 11.4. The van der Waals surface area contributed by atoms with Crippen molar-refractivity contribution in [3.05, 3.63) is 0 Å². The highest BCUT2D eigenvalue weighted by molar-refractivity contribution is 14.0. The molecule has 0 bridgehead atoms. The fourth-order valence-corrected chi connectivity index (χ4v) is 4.23. The molecule has 172 valence electrons. The molecule has 0 radical (unpaired) electrons. The summed E-state index contributed by atoms with van der Waals surface area (Å²) in [6.07, 6.45) is 5.63. The van der Waals surface area contributed by atoms with E-state index in [2.05, 4.69) is 16.0 Å². The molecular formula is C20H41IN4O3S. The molecule has 1 amide bonds. The minimum atomic E-state index is -2.97. The first kappa shape index (κ1) is 28.4. The lowest BCUT2D eigenvalue weighted by atomic mass is 9.85. The summed E-state index contributed by atoms with van der Waals surface area (Å²) in [4.78, 5) is 17.0. The van der Waals surface area contributed by atoms with Gasteiger partial charge < -0.3 is 16.0 Å². The lowest BCUT2D eigenvalue weighted by molar-refractivity contribution is -0.126. The van der Waals surface area contributed by atoms with Crippen molar-refractivity contribution >= 4 is 45.7 Å². The van der Waals surface area contributed by atoms with Crippen LogP contribution < -0.4 is 16.0 Å². The third-order valence-electron chi connectivity index (χ3n) is 4.98. The molecule has 3 N–H and O–H groups in total. The predicted molar refractivity (Wildman–Crippen MR) is 132 cm³/mol. The third kappa shape index (κ3) is 12.7. The van der Waals surface area contributed by atoms with Crippen LogP contribution in [0.3, 0.4) is 0 Å². The second-order valence-electron chi connectivity index (χ2n) is 9.11. The zero-order valence-corrected chi connectivity index (χ0v) is 22.0. The molecule has 0 aromatic carbocycles. The van der Waals surface area contributed by atoms with E-state index in [-0.39, 0.29) is 59.1 Å². The summed E-state index contributed by atoms with van der Waals surface area (Å²) in [7, 11) is -2.97. The fraction of sp³-hybridized carbons (Fsp3) is 0.900. The molecule has 1 saturated carbocycles. The van der Waals surface area contributed by atoms with Gasteiger partial charge in [0.15, 0.2) is 5.96 Å². The van der Waals surface area contributed by atoms with Crippen molar-refractivity contribution in [2.24, 2.45) is 16.3 Å². The predicted octanol–water partition coefficient (Wildman–Crippen LogP) is 2.70. The van der Waals surface area contributed by atoms with E-state index in [1.165, 1.54) is 6.26 Å². The lowest BCUT2D eigenvalue weighted by Crippen LogP contribution is -2.47. The Bertz CT molecular complexity index is 636. The zero-order chi connectivity index (χ0) is 21.4. The van der Waals surface area contributed by atoms with Gasteiger partial charge in [-0.25, -0.2) is 8.42 Å². The maximum Gasteiger partial charge on any atom is 0.223 e. The van der Waals surface area contributed by atoms with Gasteiger partial charge in [0, 0.05) is 37.3 Å². The van der Waals surface area contributed by atoms with E-state index in [4.69, 9.17) is 4.99 Å². The standard InChI is InChI=1S/C20H40N4O3S.HI/c1-7-21-19(22-14-20(4,5)11-12-28(6,26)27)24-17-10-8-9-16(13-17)18(25)23-15(2)3;/h15-17H,7-14H2,1-6H3,(H,23,25)(H2,21,22,24);1H. The molecule has 29 heavy (non-hydrogen) atoms. The number of amides is 1. The highest BCUT2D eigenvalue weighted by Gasteiger charge is 2.28. The number of carbonyl (C=O) groups excluding carboxylic acids is 1. The zero-order valence-electron chi connectivity index (χ0n) is 18.9. The molecule has 0 aliphatic heterocycles. The number of aliphatic imine (C=N–C) groups is 1. The van der Waals surface area contributed by atoms with Crippen LogP contribution in [0.5, 0.6) is 0 Å². The summed E-state index contributed by atoms with van der Waals surface area (Å²) in [5.74, 6) is 1.10. The smallest absolute Gasteiger partial charge is 0.223 e. The summed E-state index contributed by atoms with van der Waals surface area (Å²) >= 11 is 0. The Morgan fingerprint density at radius 3 is 2.45 bits per heavy atom. The van der Waals surface area contributed by atoms with E-state index in [0.717, 1.165) is 38.2 Å². The van der Waals surface area contributed by atoms with Gasteiger partial charge in [0.2, 0.25) is 5.91 Å². The van der Waals surface area contributed by atoms with Gasteiger partial charge in [-0.3, -0.25) is 9.79 Å². The number of carbonyl (C=O) groups is 1. The van der Waals surface area contributed by atoms with E-state index in [1.54, 1.807) is 0 Å². The van der Waals surface area contributed by atoms with E-state index in [1.807, 2.05) is 34.6 Å². The third-order valence-corrected chi connectivity index (χ3v) is 5.92. The van der Waals surface area contributed by atoms with Gasteiger partial charge in [0.25, 0.3) is 0 Å². The molecule has 2 atom stereocenters. The number of nitrogens with one attached hydrogen (secondary N) is 3. The first-order valence-corrected chi connectivity index (χ1v) is 12.5. The Morgan fingerprint density at radius 1 is 1.24 bits per heavy atom. The summed E-state index contributed by atoms with van der Waals surface area (Å²) in [5.41, 5.74) is -0.197. The quantitative estimate of drug-likeness (QED) is 0.236. The average molecular weight is 545 g/mol. The molecule has 0 heterocycles. The number of sulfone groups is 1. The van der Waals surface area contributed by atoms with Crippen molar-refractivity contribution in [2.75, 3.05) is 25.1 Å². The van der Waals surface area contributed by atoms with Crippen LogP contribution in [0.2, 0.25) is 0 Å². The fourth-order valence-electron chi connectivity index (χ4n) is 3.31. The van der Waals surface area contributed by atoms with Crippen molar-refractivity contribution in [1.29, 1.82) is 0 Å².